The lowest BCUT2D eigenvalue weighted by Crippen LogP contribution is -2.52. The van der Waals surface area contributed by atoms with E-state index in [9.17, 15) is 14.4 Å². The number of carbonyl (C=O) groups is 3. The Morgan fingerprint density at radius 2 is 1.30 bits per heavy atom. The highest BCUT2D eigenvalue weighted by Crippen LogP contribution is 2.38. The number of imide groups is 1. The monoisotopic (exact) mass is 625 g/mol. The molecule has 2 amide bonds. The minimum Gasteiger partial charge on any atom is -0.543 e. The maximum Gasteiger partial charge on any atom is 0.420 e. The lowest BCUT2D eigenvalue weighted by molar-refractivity contribution is -0.151. The fourth-order valence-corrected chi connectivity index (χ4v) is 4.90. The predicted molar refractivity (Wildman–Crippen MR) is 176 cm³/mol. The molecule has 2 rings (SSSR count). The molecule has 0 unspecified atom stereocenters. The number of rotatable bonds is 10. The minimum atomic E-state index is -2.15. The van der Waals surface area contributed by atoms with Crippen molar-refractivity contribution in [1.82, 2.24) is 4.90 Å². The largest absolute Gasteiger partial charge is 0.543 e. The van der Waals surface area contributed by atoms with Crippen LogP contribution in [0.3, 0.4) is 0 Å². The minimum absolute atomic E-state index is 0.00788. The first kappa shape index (κ1) is 36.6. The van der Waals surface area contributed by atoms with Gasteiger partial charge in [0.15, 0.2) is 0 Å². The molecule has 44 heavy (non-hydrogen) atoms. The molecule has 1 atom stereocenters. The summed E-state index contributed by atoms with van der Waals surface area (Å²) in [5.74, 6) is -0.0304. The van der Waals surface area contributed by atoms with Crippen LogP contribution in [0.4, 0.5) is 9.59 Å². The van der Waals surface area contributed by atoms with Crippen molar-refractivity contribution in [1.29, 1.82) is 0 Å². The summed E-state index contributed by atoms with van der Waals surface area (Å²) in [5, 5.41) is -0.00788. The molecule has 0 fully saturated rings. The van der Waals surface area contributed by atoms with E-state index in [2.05, 4.69) is 40.4 Å². The summed E-state index contributed by atoms with van der Waals surface area (Å²) in [6.07, 6.45) is -1.74. The van der Waals surface area contributed by atoms with Crippen molar-refractivity contribution in [2.24, 2.45) is 0 Å². The average molecular weight is 626 g/mol. The van der Waals surface area contributed by atoms with E-state index in [0.717, 1.165) is 16.9 Å². The third kappa shape index (κ3) is 11.5. The number of hydrogen-bond donors (Lipinski definition) is 0. The summed E-state index contributed by atoms with van der Waals surface area (Å²) < 4.78 is 23.4. The average Bonchev–Trinajstić information content (AvgIpc) is 2.85. The van der Waals surface area contributed by atoms with E-state index in [4.69, 9.17) is 18.6 Å². The molecule has 0 bridgehead atoms. The second-order valence-corrected chi connectivity index (χ2v) is 19.3. The van der Waals surface area contributed by atoms with E-state index >= 15 is 0 Å². The standard InChI is InChI=1S/C35H51NO7Si/c1-25(22-27-20-16-17-21-29(27)43-44(11,12)35(8,9)10)23-28(30(37)40-24-26-18-14-13-15-19-26)36(31(38)41-33(2,3)4)32(39)42-34(5,6)7/h13-21,28H,1,22-24H2,2-12H3/t28-/m0/s1. The molecule has 0 heterocycles. The Morgan fingerprint density at radius 1 is 0.795 bits per heavy atom. The molecular formula is C35H51NO7Si. The zero-order valence-electron chi connectivity index (χ0n) is 28.4. The van der Waals surface area contributed by atoms with Crippen molar-refractivity contribution in [3.8, 4) is 5.75 Å². The molecule has 9 heteroatoms. The summed E-state index contributed by atoms with van der Waals surface area (Å²) in [5.41, 5.74) is 0.367. The first-order valence-corrected chi connectivity index (χ1v) is 17.9. The van der Waals surface area contributed by atoms with Crippen molar-refractivity contribution < 1.29 is 33.0 Å². The molecule has 0 aliphatic rings. The molecule has 0 aliphatic heterocycles. The molecule has 2 aromatic carbocycles. The Balaban J connectivity index is 2.46. The SMILES string of the molecule is C=C(Cc1ccccc1O[Si](C)(C)C(C)(C)C)C[C@@H](C(=O)OCc1ccccc1)N(C(=O)OC(C)(C)C)C(=O)OC(C)(C)C. The van der Waals surface area contributed by atoms with Crippen LogP contribution in [0.15, 0.2) is 66.7 Å². The molecule has 0 radical (unpaired) electrons. The highest BCUT2D eigenvalue weighted by atomic mass is 28.4. The summed E-state index contributed by atoms with van der Waals surface area (Å²) in [6.45, 7) is 25.2. The number of benzene rings is 2. The van der Waals surface area contributed by atoms with Crippen molar-refractivity contribution in [3.05, 3.63) is 77.9 Å². The molecule has 8 nitrogen and oxygen atoms in total. The molecule has 242 valence electrons. The van der Waals surface area contributed by atoms with Gasteiger partial charge in [-0.05, 0) is 83.3 Å². The Bertz CT molecular complexity index is 1270. The van der Waals surface area contributed by atoms with Gasteiger partial charge >= 0.3 is 18.2 Å². The van der Waals surface area contributed by atoms with E-state index in [1.54, 1.807) is 41.5 Å². The van der Waals surface area contributed by atoms with Gasteiger partial charge in [-0.2, -0.15) is 4.90 Å². The fraction of sp³-hybridized carbons (Fsp3) is 0.514. The lowest BCUT2D eigenvalue weighted by atomic mass is 9.99. The molecule has 0 saturated carbocycles. The van der Waals surface area contributed by atoms with Gasteiger partial charge in [0.25, 0.3) is 0 Å². The van der Waals surface area contributed by atoms with Gasteiger partial charge in [0.05, 0.1) is 0 Å². The molecule has 0 N–H and O–H groups in total. The van der Waals surface area contributed by atoms with Gasteiger partial charge in [0.1, 0.15) is 29.6 Å². The number of amides is 2. The fourth-order valence-electron chi connectivity index (χ4n) is 3.85. The van der Waals surface area contributed by atoms with Gasteiger partial charge in [0.2, 0.25) is 8.32 Å². The summed E-state index contributed by atoms with van der Waals surface area (Å²) >= 11 is 0. The number of ether oxygens (including phenoxy) is 3. The first-order chi connectivity index (χ1) is 20.1. The molecule has 0 aromatic heterocycles. The van der Waals surface area contributed by atoms with Gasteiger partial charge in [0, 0.05) is 6.42 Å². The molecule has 2 aromatic rings. The first-order valence-electron chi connectivity index (χ1n) is 15.0. The highest BCUT2D eigenvalue weighted by molar-refractivity contribution is 6.74. The lowest BCUT2D eigenvalue weighted by Gasteiger charge is -2.37. The van der Waals surface area contributed by atoms with Gasteiger partial charge < -0.3 is 18.6 Å². The molecule has 0 saturated heterocycles. The van der Waals surface area contributed by atoms with E-state index in [1.165, 1.54) is 0 Å². The van der Waals surface area contributed by atoms with Gasteiger partial charge in [-0.25, -0.2) is 14.4 Å². The Kier molecular flexibility index (Phi) is 12.0. The zero-order valence-corrected chi connectivity index (χ0v) is 29.4. The Labute approximate surface area is 264 Å². The van der Waals surface area contributed by atoms with Crippen LogP contribution in [0.2, 0.25) is 18.1 Å². The van der Waals surface area contributed by atoms with Crippen LogP contribution in [0.25, 0.3) is 0 Å². The molecular weight excluding hydrogens is 574 g/mol. The van der Waals surface area contributed by atoms with Crippen molar-refractivity contribution >= 4 is 26.5 Å². The normalized spacial score (nSPS) is 13.0. The number of nitrogens with zero attached hydrogens (tertiary/aromatic N) is 1. The Morgan fingerprint density at radius 3 is 1.80 bits per heavy atom. The summed E-state index contributed by atoms with van der Waals surface area (Å²) in [6, 6.07) is 15.5. The topological polar surface area (TPSA) is 91.4 Å². The summed E-state index contributed by atoms with van der Waals surface area (Å²) in [4.78, 5) is 41.4. The van der Waals surface area contributed by atoms with Crippen LogP contribution in [0, 0.1) is 0 Å². The number of hydrogen-bond acceptors (Lipinski definition) is 7. The van der Waals surface area contributed by atoms with Gasteiger partial charge in [-0.3, -0.25) is 0 Å². The van der Waals surface area contributed by atoms with E-state index in [1.807, 2.05) is 54.6 Å². The number of esters is 1. The van der Waals surface area contributed by atoms with Gasteiger partial charge in [-0.1, -0.05) is 81.5 Å². The van der Waals surface area contributed by atoms with Crippen LogP contribution in [-0.4, -0.2) is 48.6 Å². The summed E-state index contributed by atoms with van der Waals surface area (Å²) in [7, 11) is -2.15. The molecule has 0 aliphatic carbocycles. The Hall–Kier alpha value is -3.59. The third-order valence-corrected chi connectivity index (χ3v) is 11.4. The predicted octanol–water partition coefficient (Wildman–Crippen LogP) is 8.84. The second-order valence-electron chi connectivity index (χ2n) is 14.5. The maximum atomic E-state index is 13.7. The smallest absolute Gasteiger partial charge is 0.420 e. The number of para-hydroxylation sites is 1. The number of carbonyl (C=O) groups excluding carboxylic acids is 3. The van der Waals surface area contributed by atoms with Crippen LogP contribution < -0.4 is 4.43 Å². The van der Waals surface area contributed by atoms with Crippen LogP contribution in [0.5, 0.6) is 5.75 Å². The quantitative estimate of drug-likeness (QED) is 0.113. The highest BCUT2D eigenvalue weighted by Gasteiger charge is 2.42. The van der Waals surface area contributed by atoms with E-state index in [-0.39, 0.29) is 18.1 Å². The zero-order chi connectivity index (χ0) is 33.5. The van der Waals surface area contributed by atoms with E-state index < -0.39 is 43.7 Å². The maximum absolute atomic E-state index is 13.7. The van der Waals surface area contributed by atoms with Crippen molar-refractivity contribution in [3.63, 3.8) is 0 Å². The van der Waals surface area contributed by atoms with E-state index in [0.29, 0.717) is 16.9 Å². The third-order valence-electron chi connectivity index (χ3n) is 7.05. The van der Waals surface area contributed by atoms with Crippen molar-refractivity contribution in [2.45, 2.75) is 117 Å². The van der Waals surface area contributed by atoms with Gasteiger partial charge in [-0.15, -0.1) is 0 Å². The second kappa shape index (κ2) is 14.5. The van der Waals surface area contributed by atoms with Crippen LogP contribution in [0.1, 0.15) is 79.9 Å². The van der Waals surface area contributed by atoms with Crippen LogP contribution >= 0.6 is 0 Å². The molecule has 0 spiro atoms. The van der Waals surface area contributed by atoms with Crippen LogP contribution in [-0.2, 0) is 32.0 Å². The van der Waals surface area contributed by atoms with Crippen molar-refractivity contribution in [2.75, 3.05) is 0 Å².